The molecular formula is C34H39ClN2O7. The third-order valence-corrected chi connectivity index (χ3v) is 8.94. The third kappa shape index (κ3) is 6.13. The summed E-state index contributed by atoms with van der Waals surface area (Å²) in [6.07, 6.45) is 2.15. The van der Waals surface area contributed by atoms with Gasteiger partial charge in [-0.15, -0.1) is 0 Å². The van der Waals surface area contributed by atoms with Crippen molar-refractivity contribution >= 4 is 28.9 Å². The molecule has 0 fully saturated rings. The SMILES string of the molecule is COCCN1C2=C(C(=O)CC(C)(C)C2)C(c2cc(Cl)c(OCc3ccc([N+](=O)[O-])cc3)c(OC)c2)C2=C1CC(C)(C)CC2=O. The molecule has 2 aromatic rings. The Labute approximate surface area is 263 Å². The lowest BCUT2D eigenvalue weighted by Crippen LogP contribution is -2.45. The van der Waals surface area contributed by atoms with Gasteiger partial charge in [0, 0.05) is 67.1 Å². The van der Waals surface area contributed by atoms with Crippen molar-refractivity contribution in [3.63, 3.8) is 0 Å². The highest BCUT2D eigenvalue weighted by molar-refractivity contribution is 6.32. The van der Waals surface area contributed by atoms with E-state index in [9.17, 15) is 19.7 Å². The number of ketones is 2. The third-order valence-electron chi connectivity index (χ3n) is 8.66. The molecule has 0 N–H and O–H groups in total. The Morgan fingerprint density at radius 3 is 2.00 bits per heavy atom. The summed E-state index contributed by atoms with van der Waals surface area (Å²) >= 11 is 6.85. The average molecular weight is 623 g/mol. The molecule has 0 bridgehead atoms. The van der Waals surface area contributed by atoms with Crippen LogP contribution in [0.1, 0.15) is 70.4 Å². The minimum atomic E-state index is -0.582. The van der Waals surface area contributed by atoms with Crippen molar-refractivity contribution in [3.8, 4) is 11.5 Å². The second-order valence-electron chi connectivity index (χ2n) is 13.4. The van der Waals surface area contributed by atoms with Crippen LogP contribution in [-0.2, 0) is 20.9 Å². The van der Waals surface area contributed by atoms with E-state index in [1.165, 1.54) is 19.2 Å². The normalized spacial score (nSPS) is 19.6. The van der Waals surface area contributed by atoms with Crippen LogP contribution in [0.4, 0.5) is 5.69 Å². The molecule has 0 atom stereocenters. The lowest BCUT2D eigenvalue weighted by Gasteiger charge is -2.49. The van der Waals surface area contributed by atoms with Crippen molar-refractivity contribution in [2.75, 3.05) is 27.4 Å². The smallest absolute Gasteiger partial charge is 0.269 e. The summed E-state index contributed by atoms with van der Waals surface area (Å²) < 4.78 is 17.3. The van der Waals surface area contributed by atoms with Gasteiger partial charge in [0.05, 0.1) is 23.7 Å². The number of non-ortho nitro benzene ring substituents is 1. The van der Waals surface area contributed by atoms with Crippen LogP contribution in [0.3, 0.4) is 0 Å². The van der Waals surface area contributed by atoms with Crippen molar-refractivity contribution in [2.24, 2.45) is 10.8 Å². The summed E-state index contributed by atoms with van der Waals surface area (Å²) in [5, 5.41) is 11.3. The van der Waals surface area contributed by atoms with Crippen LogP contribution in [-0.4, -0.2) is 48.8 Å². The molecule has 0 unspecified atom stereocenters. The maximum absolute atomic E-state index is 14.0. The van der Waals surface area contributed by atoms with E-state index in [4.69, 9.17) is 25.8 Å². The molecule has 1 heterocycles. The number of ether oxygens (including phenoxy) is 3. The highest BCUT2D eigenvalue weighted by Crippen LogP contribution is 2.55. The molecule has 5 rings (SSSR count). The Bertz CT molecular complexity index is 1520. The summed E-state index contributed by atoms with van der Waals surface area (Å²) in [4.78, 5) is 40.8. The fraction of sp³-hybridized carbons (Fsp3) is 0.471. The number of nitro benzene ring substituents is 1. The molecular weight excluding hydrogens is 584 g/mol. The van der Waals surface area contributed by atoms with Gasteiger partial charge in [0.2, 0.25) is 0 Å². The van der Waals surface area contributed by atoms with E-state index >= 15 is 0 Å². The van der Waals surface area contributed by atoms with Crippen molar-refractivity contribution in [1.82, 2.24) is 4.90 Å². The number of allylic oxidation sites excluding steroid dienone is 4. The van der Waals surface area contributed by atoms with Gasteiger partial charge in [-0.05, 0) is 59.1 Å². The molecule has 0 saturated carbocycles. The Balaban J connectivity index is 1.61. The first-order valence-electron chi connectivity index (χ1n) is 14.8. The number of carbonyl (C=O) groups is 2. The van der Waals surface area contributed by atoms with Gasteiger partial charge < -0.3 is 19.1 Å². The zero-order valence-corrected chi connectivity index (χ0v) is 26.9. The van der Waals surface area contributed by atoms with Gasteiger partial charge in [-0.25, -0.2) is 0 Å². The average Bonchev–Trinajstić information content (AvgIpc) is 2.93. The minimum Gasteiger partial charge on any atom is -0.493 e. The van der Waals surface area contributed by atoms with E-state index in [1.54, 1.807) is 25.3 Å². The predicted octanol–water partition coefficient (Wildman–Crippen LogP) is 7.17. The van der Waals surface area contributed by atoms with Gasteiger partial charge in [-0.2, -0.15) is 0 Å². The number of hydrogen-bond acceptors (Lipinski definition) is 8. The zero-order chi connectivity index (χ0) is 32.0. The van der Waals surface area contributed by atoms with Crippen LogP contribution >= 0.6 is 11.6 Å². The summed E-state index contributed by atoms with van der Waals surface area (Å²) in [6.45, 7) is 9.54. The van der Waals surface area contributed by atoms with Crippen LogP contribution in [0.15, 0.2) is 58.9 Å². The molecule has 0 amide bonds. The van der Waals surface area contributed by atoms with Crippen molar-refractivity contribution in [1.29, 1.82) is 0 Å². The van der Waals surface area contributed by atoms with Crippen molar-refractivity contribution in [3.05, 3.63) is 85.2 Å². The van der Waals surface area contributed by atoms with E-state index in [-0.39, 0.29) is 39.7 Å². The van der Waals surface area contributed by atoms with Gasteiger partial charge in [0.1, 0.15) is 6.61 Å². The van der Waals surface area contributed by atoms with E-state index in [0.717, 1.165) is 17.0 Å². The molecule has 2 aromatic carbocycles. The molecule has 3 aliphatic rings. The minimum absolute atomic E-state index is 0.00868. The van der Waals surface area contributed by atoms with Crippen LogP contribution in [0.25, 0.3) is 0 Å². The number of halogens is 1. The first-order valence-corrected chi connectivity index (χ1v) is 15.2. The van der Waals surface area contributed by atoms with E-state index in [1.807, 2.05) is 6.07 Å². The molecule has 0 spiro atoms. The Morgan fingerprint density at radius 1 is 0.932 bits per heavy atom. The van der Waals surface area contributed by atoms with Crippen LogP contribution in [0, 0.1) is 20.9 Å². The lowest BCUT2D eigenvalue weighted by molar-refractivity contribution is -0.384. The van der Waals surface area contributed by atoms with Gasteiger partial charge in [0.15, 0.2) is 23.1 Å². The number of rotatable bonds is 9. The standard InChI is InChI=1S/C34H39ClN2O7/c1-33(2)15-24-30(26(38)17-33)29(31-25(36(24)11-12-42-5)16-34(3,4)18-27(31)39)21-13-23(35)32(28(14-21)43-6)44-19-20-7-9-22(10-8-20)37(40)41/h7-10,13-14,29H,11-12,15-19H2,1-6H3. The molecule has 0 saturated heterocycles. The van der Waals surface area contributed by atoms with Gasteiger partial charge in [0.25, 0.3) is 5.69 Å². The largest absolute Gasteiger partial charge is 0.493 e. The summed E-state index contributed by atoms with van der Waals surface area (Å²) in [7, 11) is 3.17. The molecule has 0 aromatic heterocycles. The maximum atomic E-state index is 14.0. The fourth-order valence-electron chi connectivity index (χ4n) is 6.75. The van der Waals surface area contributed by atoms with Crippen molar-refractivity contribution < 1.29 is 28.7 Å². The van der Waals surface area contributed by atoms with E-state index < -0.39 is 10.8 Å². The molecule has 44 heavy (non-hydrogen) atoms. The fourth-order valence-corrected chi connectivity index (χ4v) is 7.02. The maximum Gasteiger partial charge on any atom is 0.269 e. The zero-order valence-electron chi connectivity index (χ0n) is 26.1. The monoisotopic (exact) mass is 622 g/mol. The summed E-state index contributed by atoms with van der Waals surface area (Å²) in [5.74, 6) is 0.154. The molecule has 234 valence electrons. The number of nitro groups is 1. The van der Waals surface area contributed by atoms with Gasteiger partial charge >= 0.3 is 0 Å². The lowest BCUT2D eigenvalue weighted by atomic mass is 9.63. The number of carbonyl (C=O) groups excluding carboxylic acids is 2. The number of nitrogens with zero attached hydrogens (tertiary/aromatic N) is 2. The predicted molar refractivity (Wildman–Crippen MR) is 167 cm³/mol. The number of hydrogen-bond donors (Lipinski definition) is 0. The van der Waals surface area contributed by atoms with Crippen LogP contribution < -0.4 is 9.47 Å². The number of Topliss-reactive ketones (excluding diaryl/α,β-unsaturated/α-hetero) is 2. The van der Waals surface area contributed by atoms with Crippen molar-refractivity contribution in [2.45, 2.75) is 65.9 Å². The number of benzene rings is 2. The Hall–Kier alpha value is -3.69. The Morgan fingerprint density at radius 2 is 1.50 bits per heavy atom. The van der Waals surface area contributed by atoms with Crippen LogP contribution in [0.2, 0.25) is 5.02 Å². The van der Waals surface area contributed by atoms with Gasteiger partial charge in [-0.3, -0.25) is 19.7 Å². The quantitative estimate of drug-likeness (QED) is 0.214. The summed E-state index contributed by atoms with van der Waals surface area (Å²) in [6, 6.07) is 9.65. The van der Waals surface area contributed by atoms with E-state index in [0.29, 0.717) is 67.0 Å². The van der Waals surface area contributed by atoms with Crippen LogP contribution in [0.5, 0.6) is 11.5 Å². The molecule has 2 aliphatic carbocycles. The highest BCUT2D eigenvalue weighted by atomic mass is 35.5. The second kappa shape index (κ2) is 12.0. The second-order valence-corrected chi connectivity index (χ2v) is 13.8. The topological polar surface area (TPSA) is 108 Å². The number of methoxy groups -OCH3 is 2. The first kappa shape index (κ1) is 31.7. The molecule has 0 radical (unpaired) electrons. The first-order chi connectivity index (χ1) is 20.7. The highest BCUT2D eigenvalue weighted by Gasteiger charge is 2.49. The van der Waals surface area contributed by atoms with Gasteiger partial charge in [-0.1, -0.05) is 39.3 Å². The van der Waals surface area contributed by atoms with E-state index in [2.05, 4.69) is 32.6 Å². The summed E-state index contributed by atoms with van der Waals surface area (Å²) in [5.41, 5.74) is 4.13. The molecule has 1 aliphatic heterocycles. The Kier molecular flexibility index (Phi) is 8.66. The molecule has 10 heteroatoms. The molecule has 9 nitrogen and oxygen atoms in total.